The summed E-state index contributed by atoms with van der Waals surface area (Å²) in [6, 6.07) is 38.9. The number of para-hydroxylation sites is 3. The van der Waals surface area contributed by atoms with Crippen LogP contribution in [0, 0.1) is 0 Å². The average Bonchev–Trinajstić information content (AvgIpc) is 3.12. The van der Waals surface area contributed by atoms with Gasteiger partial charge in [-0.3, -0.25) is 34.0 Å². The lowest BCUT2D eigenvalue weighted by atomic mass is 9.94. The number of benzene rings is 6. The molecule has 0 fully saturated rings. The third-order valence-electron chi connectivity index (χ3n) is 9.02. The van der Waals surface area contributed by atoms with E-state index in [9.17, 15) is 14.4 Å². The summed E-state index contributed by atoms with van der Waals surface area (Å²) in [6.07, 6.45) is 0. The van der Waals surface area contributed by atoms with Crippen LogP contribution in [0.15, 0.2) is 141 Å². The second-order valence-corrected chi connectivity index (χ2v) is 14.2. The molecular formula is C39H21Br3N4O3. The van der Waals surface area contributed by atoms with Crippen molar-refractivity contribution in [3.63, 3.8) is 0 Å². The number of rotatable bonds is 3. The molecule has 0 aliphatic carbocycles. The van der Waals surface area contributed by atoms with Crippen LogP contribution in [0.25, 0.3) is 0 Å². The lowest BCUT2D eigenvalue weighted by Gasteiger charge is -2.50. The quantitative estimate of drug-likeness (QED) is 0.178. The zero-order valence-corrected chi connectivity index (χ0v) is 30.0. The Bertz CT molecular complexity index is 2110. The molecule has 0 spiro atoms. The number of amides is 3. The first-order valence-corrected chi connectivity index (χ1v) is 17.7. The third-order valence-corrected chi connectivity index (χ3v) is 11.1. The highest BCUT2D eigenvalue weighted by atomic mass is 79.9. The summed E-state index contributed by atoms with van der Waals surface area (Å²) in [7, 11) is 0. The molecule has 49 heavy (non-hydrogen) atoms. The standard InChI is InChI=1S/C39H21Br3N4O3/c40-25-13-4-1-10-22(25)37(47)43-28-16-7-18-30-34(28)46-35-29(43)17-8-19-31(35)45(39(49)24-12-3-6-15-27(24)42)33-21-9-20-32(36(33)46)44(30)38(48)23-11-2-5-14-26(23)41/h1-21H. The number of hydrogen-bond donors (Lipinski definition) is 0. The molecule has 0 bridgehead atoms. The van der Waals surface area contributed by atoms with Gasteiger partial charge < -0.3 is 0 Å². The molecule has 0 atom stereocenters. The molecule has 9 rings (SSSR count). The topological polar surface area (TPSA) is 64.2 Å². The summed E-state index contributed by atoms with van der Waals surface area (Å²) in [5.74, 6) is -0.775. The van der Waals surface area contributed by atoms with Crippen molar-refractivity contribution in [3.05, 3.63) is 158 Å². The lowest BCUT2D eigenvalue weighted by molar-refractivity contribution is 0.0992. The Morgan fingerprint density at radius 1 is 0.347 bits per heavy atom. The van der Waals surface area contributed by atoms with Crippen LogP contribution in [0.4, 0.5) is 51.2 Å². The van der Waals surface area contributed by atoms with E-state index in [1.54, 1.807) is 32.9 Å². The number of carbonyl (C=O) groups is 3. The molecule has 0 unspecified atom stereocenters. The predicted octanol–water partition coefficient (Wildman–Crippen LogP) is 11.3. The van der Waals surface area contributed by atoms with Crippen LogP contribution in [0.5, 0.6) is 0 Å². The monoisotopic (exact) mass is 830 g/mol. The number of hydrogen-bond acceptors (Lipinski definition) is 4. The first-order chi connectivity index (χ1) is 23.9. The highest BCUT2D eigenvalue weighted by Crippen LogP contribution is 2.67. The highest BCUT2D eigenvalue weighted by Gasteiger charge is 2.48. The minimum Gasteiger partial charge on any atom is -0.299 e. The zero-order chi connectivity index (χ0) is 33.6. The second kappa shape index (κ2) is 11.3. The molecule has 6 aromatic rings. The fraction of sp³-hybridized carbons (Fsp3) is 0. The van der Waals surface area contributed by atoms with Crippen LogP contribution in [0.3, 0.4) is 0 Å². The zero-order valence-electron chi connectivity index (χ0n) is 25.3. The van der Waals surface area contributed by atoms with Gasteiger partial charge in [-0.05, 0) is 121 Å². The maximum absolute atomic E-state index is 14.7. The van der Waals surface area contributed by atoms with Crippen molar-refractivity contribution in [1.82, 2.24) is 0 Å². The van der Waals surface area contributed by atoms with E-state index in [1.807, 2.05) is 109 Å². The van der Waals surface area contributed by atoms with E-state index < -0.39 is 0 Å². The fourth-order valence-corrected chi connectivity index (χ4v) is 8.34. The van der Waals surface area contributed by atoms with Crippen LogP contribution in [0.1, 0.15) is 31.1 Å². The Morgan fingerprint density at radius 2 is 0.592 bits per heavy atom. The number of nitrogens with zero attached hydrogens (tertiary/aromatic N) is 4. The molecule has 0 saturated carbocycles. The van der Waals surface area contributed by atoms with Gasteiger partial charge in [-0.2, -0.15) is 0 Å². The average molecular weight is 833 g/mol. The van der Waals surface area contributed by atoms with Crippen LogP contribution >= 0.6 is 47.8 Å². The van der Waals surface area contributed by atoms with Crippen molar-refractivity contribution in [1.29, 1.82) is 0 Å². The molecule has 3 heterocycles. The van der Waals surface area contributed by atoms with Gasteiger partial charge in [0.05, 0.1) is 67.9 Å². The summed E-state index contributed by atoms with van der Waals surface area (Å²) in [5.41, 5.74) is 7.07. The van der Waals surface area contributed by atoms with Crippen molar-refractivity contribution < 1.29 is 14.4 Å². The summed E-state index contributed by atoms with van der Waals surface area (Å²) in [4.78, 5) is 51.3. The maximum Gasteiger partial charge on any atom is 0.264 e. The normalized spacial score (nSPS) is 13.3. The Kier molecular flexibility index (Phi) is 6.91. The largest absolute Gasteiger partial charge is 0.299 e. The van der Waals surface area contributed by atoms with Crippen LogP contribution in [-0.2, 0) is 0 Å². The Labute approximate surface area is 306 Å². The molecule has 3 amide bonds. The first kappa shape index (κ1) is 30.1. The van der Waals surface area contributed by atoms with E-state index >= 15 is 0 Å². The Hall–Kier alpha value is -5.03. The van der Waals surface area contributed by atoms with Crippen LogP contribution in [0.2, 0.25) is 0 Å². The molecule has 3 aliphatic rings. The number of carbonyl (C=O) groups excluding carboxylic acids is 3. The first-order valence-electron chi connectivity index (χ1n) is 15.3. The van der Waals surface area contributed by atoms with Crippen molar-refractivity contribution in [2.75, 3.05) is 19.6 Å². The van der Waals surface area contributed by atoms with Crippen LogP contribution in [-0.4, -0.2) is 17.7 Å². The second-order valence-electron chi connectivity index (χ2n) is 11.6. The summed E-state index contributed by atoms with van der Waals surface area (Å²) in [5, 5.41) is 0. The Morgan fingerprint density at radius 3 is 0.837 bits per heavy atom. The van der Waals surface area contributed by atoms with E-state index in [2.05, 4.69) is 52.7 Å². The van der Waals surface area contributed by atoms with Gasteiger partial charge in [0.1, 0.15) is 0 Å². The van der Waals surface area contributed by atoms with E-state index in [1.165, 1.54) is 0 Å². The fourth-order valence-electron chi connectivity index (χ4n) is 6.97. The lowest BCUT2D eigenvalue weighted by Crippen LogP contribution is -2.42. The molecule has 3 aliphatic heterocycles. The van der Waals surface area contributed by atoms with Crippen molar-refractivity contribution in [2.24, 2.45) is 0 Å². The predicted molar refractivity (Wildman–Crippen MR) is 203 cm³/mol. The maximum atomic E-state index is 14.7. The van der Waals surface area contributed by atoms with E-state index in [-0.39, 0.29) is 17.7 Å². The summed E-state index contributed by atoms with van der Waals surface area (Å²) < 4.78 is 1.96. The van der Waals surface area contributed by atoms with Gasteiger partial charge in [0.15, 0.2) is 0 Å². The molecule has 0 aromatic heterocycles. The molecule has 6 aromatic carbocycles. The van der Waals surface area contributed by atoms with E-state index in [0.717, 1.165) is 0 Å². The molecule has 0 saturated heterocycles. The molecule has 0 N–H and O–H groups in total. The van der Waals surface area contributed by atoms with Gasteiger partial charge in [-0.15, -0.1) is 0 Å². The number of halogens is 3. The van der Waals surface area contributed by atoms with Gasteiger partial charge in [0.25, 0.3) is 17.7 Å². The molecule has 0 radical (unpaired) electrons. The van der Waals surface area contributed by atoms with Gasteiger partial charge >= 0.3 is 0 Å². The van der Waals surface area contributed by atoms with Crippen LogP contribution < -0.4 is 19.6 Å². The van der Waals surface area contributed by atoms with E-state index in [4.69, 9.17) is 0 Å². The molecule has 7 nitrogen and oxygen atoms in total. The van der Waals surface area contributed by atoms with Gasteiger partial charge in [-0.25, -0.2) is 0 Å². The van der Waals surface area contributed by atoms with Gasteiger partial charge in [-0.1, -0.05) is 54.6 Å². The van der Waals surface area contributed by atoms with Crippen molar-refractivity contribution >= 4 is 117 Å². The summed E-state index contributed by atoms with van der Waals surface area (Å²) in [6.45, 7) is 0. The third kappa shape index (κ3) is 4.27. The Balaban J connectivity index is 1.38. The minimum absolute atomic E-state index is 0.258. The van der Waals surface area contributed by atoms with Crippen molar-refractivity contribution in [3.8, 4) is 0 Å². The molecule has 236 valence electrons. The SMILES string of the molecule is O=C(c1ccccc1Br)N1c2cccc3c2N2c4c1cccc4N(C(=O)c1ccccc1Br)c1cccc(c12)N3C(=O)c1ccccc1Br. The van der Waals surface area contributed by atoms with Crippen molar-refractivity contribution in [2.45, 2.75) is 0 Å². The number of anilines is 9. The highest BCUT2D eigenvalue weighted by molar-refractivity contribution is 9.11. The molecular weight excluding hydrogens is 812 g/mol. The smallest absolute Gasteiger partial charge is 0.264 e. The van der Waals surface area contributed by atoms with E-state index in [0.29, 0.717) is 81.3 Å². The van der Waals surface area contributed by atoms with Gasteiger partial charge in [0, 0.05) is 13.4 Å². The molecule has 10 heteroatoms. The summed E-state index contributed by atoms with van der Waals surface area (Å²) >= 11 is 10.8. The minimum atomic E-state index is -0.258. The van der Waals surface area contributed by atoms with Gasteiger partial charge in [0.2, 0.25) is 0 Å².